The lowest BCUT2D eigenvalue weighted by atomic mass is 9.86. The Bertz CT molecular complexity index is 654. The van der Waals surface area contributed by atoms with Crippen LogP contribution in [-0.4, -0.2) is 41.9 Å². The molecule has 1 aliphatic carbocycles. The molecule has 24 heavy (non-hydrogen) atoms. The Labute approximate surface area is 141 Å². The number of nitrogens with zero attached hydrogens (tertiary/aromatic N) is 1. The number of amides is 2. The van der Waals surface area contributed by atoms with Crippen molar-refractivity contribution >= 4 is 23.5 Å². The Kier molecular flexibility index (Phi) is 4.83. The van der Waals surface area contributed by atoms with E-state index in [1.54, 1.807) is 17.9 Å². The summed E-state index contributed by atoms with van der Waals surface area (Å²) in [5.74, 6) is -1.26. The Balaban J connectivity index is 1.84. The highest BCUT2D eigenvalue weighted by Crippen LogP contribution is 2.35. The summed E-state index contributed by atoms with van der Waals surface area (Å²) < 4.78 is 5.01. The molecule has 1 N–H and O–H groups in total. The smallest absolute Gasteiger partial charge is 0.325 e. The molecule has 1 aromatic carbocycles. The maximum atomic E-state index is 13.1. The van der Waals surface area contributed by atoms with E-state index in [0.717, 1.165) is 24.8 Å². The van der Waals surface area contributed by atoms with E-state index in [0.29, 0.717) is 12.3 Å². The van der Waals surface area contributed by atoms with Crippen LogP contribution in [-0.2, 0) is 19.1 Å². The number of hydrogen-bond donors (Lipinski definition) is 1. The van der Waals surface area contributed by atoms with Gasteiger partial charge in [0, 0.05) is 18.2 Å². The normalized spacial score (nSPS) is 19.7. The molecule has 0 radical (unpaired) electrons. The summed E-state index contributed by atoms with van der Waals surface area (Å²) >= 11 is 0. The quantitative estimate of drug-likeness (QED) is 0.839. The van der Waals surface area contributed by atoms with Gasteiger partial charge in [-0.2, -0.15) is 0 Å². The molecule has 3 rings (SSSR count). The second-order valence-electron chi connectivity index (χ2n) is 6.25. The minimum Gasteiger partial charge on any atom is -0.465 e. The van der Waals surface area contributed by atoms with Gasteiger partial charge in [0.25, 0.3) is 0 Å². The van der Waals surface area contributed by atoms with Crippen LogP contribution >= 0.6 is 0 Å². The molecule has 6 nitrogen and oxygen atoms in total. The summed E-state index contributed by atoms with van der Waals surface area (Å²) in [7, 11) is 0. The van der Waals surface area contributed by atoms with E-state index >= 15 is 0 Å². The van der Waals surface area contributed by atoms with Crippen LogP contribution < -0.4 is 5.32 Å². The highest BCUT2D eigenvalue weighted by atomic mass is 16.5. The maximum Gasteiger partial charge on any atom is 0.325 e. The van der Waals surface area contributed by atoms with Crippen molar-refractivity contribution in [3.8, 4) is 0 Å². The third-order valence-electron chi connectivity index (χ3n) is 4.70. The Morgan fingerprint density at radius 2 is 2.04 bits per heavy atom. The van der Waals surface area contributed by atoms with Crippen molar-refractivity contribution in [2.24, 2.45) is 0 Å². The molecule has 1 saturated carbocycles. The van der Waals surface area contributed by atoms with E-state index in [1.165, 1.54) is 0 Å². The molecular weight excluding hydrogens is 308 g/mol. The van der Waals surface area contributed by atoms with Crippen molar-refractivity contribution in [3.63, 3.8) is 0 Å². The second kappa shape index (κ2) is 7.03. The summed E-state index contributed by atoms with van der Waals surface area (Å²) in [6.07, 6.45) is 2.96. The zero-order chi connectivity index (χ0) is 17.1. The van der Waals surface area contributed by atoms with Crippen LogP contribution in [0.5, 0.6) is 0 Å². The highest BCUT2D eigenvalue weighted by Gasteiger charge is 2.38. The van der Waals surface area contributed by atoms with E-state index in [4.69, 9.17) is 4.74 Å². The number of hydrogen-bond acceptors (Lipinski definition) is 4. The molecule has 0 unspecified atom stereocenters. The van der Waals surface area contributed by atoms with E-state index in [9.17, 15) is 14.4 Å². The molecule has 0 spiro atoms. The minimum absolute atomic E-state index is 0.0440. The first-order valence-corrected chi connectivity index (χ1v) is 8.45. The zero-order valence-electron chi connectivity index (χ0n) is 13.8. The molecule has 1 aromatic rings. The molecule has 1 fully saturated rings. The minimum atomic E-state index is -0.537. The van der Waals surface area contributed by atoms with Crippen molar-refractivity contribution in [1.82, 2.24) is 4.90 Å². The first-order valence-electron chi connectivity index (χ1n) is 8.45. The number of fused-ring (bicyclic) bond motifs is 1. The van der Waals surface area contributed by atoms with Crippen LogP contribution in [0.3, 0.4) is 0 Å². The first-order chi connectivity index (χ1) is 11.6. The number of carbonyl (C=O) groups excluding carboxylic acids is 3. The van der Waals surface area contributed by atoms with Crippen LogP contribution in [0.1, 0.15) is 44.1 Å². The maximum absolute atomic E-state index is 13.1. The third kappa shape index (κ3) is 3.27. The molecule has 0 aromatic heterocycles. The highest BCUT2D eigenvalue weighted by molar-refractivity contribution is 6.01. The monoisotopic (exact) mass is 330 g/mol. The molecule has 0 bridgehead atoms. The van der Waals surface area contributed by atoms with Gasteiger partial charge in [-0.05, 0) is 37.8 Å². The molecule has 1 aliphatic heterocycles. The number of ether oxygens (including phenoxy) is 1. The number of rotatable bonds is 5. The molecule has 0 saturated heterocycles. The van der Waals surface area contributed by atoms with Gasteiger partial charge in [-0.15, -0.1) is 0 Å². The lowest BCUT2D eigenvalue weighted by molar-refractivity contribution is -0.152. The molecule has 1 atom stereocenters. The fourth-order valence-corrected chi connectivity index (χ4v) is 3.26. The largest absolute Gasteiger partial charge is 0.465 e. The van der Waals surface area contributed by atoms with Gasteiger partial charge in [-0.3, -0.25) is 14.4 Å². The van der Waals surface area contributed by atoms with Gasteiger partial charge in [0.1, 0.15) is 6.54 Å². The average molecular weight is 330 g/mol. The molecule has 1 heterocycles. The third-order valence-corrected chi connectivity index (χ3v) is 4.70. The topological polar surface area (TPSA) is 75.7 Å². The summed E-state index contributed by atoms with van der Waals surface area (Å²) in [4.78, 5) is 38.6. The molecule has 2 amide bonds. The predicted octanol–water partition coefficient (Wildman–Crippen LogP) is 2.06. The summed E-state index contributed by atoms with van der Waals surface area (Å²) in [6, 6.07) is 7.41. The Morgan fingerprint density at radius 3 is 2.71 bits per heavy atom. The van der Waals surface area contributed by atoms with Crippen molar-refractivity contribution in [2.75, 3.05) is 18.5 Å². The number of esters is 1. The summed E-state index contributed by atoms with van der Waals surface area (Å²) in [5.41, 5.74) is 1.49. The molecular formula is C18H22N2O4. The predicted molar refractivity (Wildman–Crippen MR) is 88.4 cm³/mol. The van der Waals surface area contributed by atoms with Crippen LogP contribution in [0, 0.1) is 0 Å². The van der Waals surface area contributed by atoms with E-state index in [1.807, 2.05) is 18.2 Å². The molecule has 128 valence electrons. The van der Waals surface area contributed by atoms with Gasteiger partial charge in [0.05, 0.1) is 12.5 Å². The number of nitrogens with one attached hydrogen (secondary N) is 1. The Hall–Kier alpha value is -2.37. The number of benzene rings is 1. The van der Waals surface area contributed by atoms with E-state index < -0.39 is 11.9 Å². The van der Waals surface area contributed by atoms with Crippen LogP contribution in [0.25, 0.3) is 0 Å². The average Bonchev–Trinajstić information content (AvgIpc) is 2.51. The van der Waals surface area contributed by atoms with Crippen molar-refractivity contribution in [1.29, 1.82) is 0 Å². The Morgan fingerprint density at radius 1 is 1.29 bits per heavy atom. The number of para-hydroxylation sites is 1. The summed E-state index contributed by atoms with van der Waals surface area (Å²) in [6.45, 7) is 1.99. The van der Waals surface area contributed by atoms with Gasteiger partial charge in [-0.25, -0.2) is 0 Å². The van der Waals surface area contributed by atoms with Crippen LogP contribution in [0.15, 0.2) is 24.3 Å². The fourth-order valence-electron chi connectivity index (χ4n) is 3.26. The first kappa shape index (κ1) is 16.5. The zero-order valence-corrected chi connectivity index (χ0v) is 13.8. The van der Waals surface area contributed by atoms with Gasteiger partial charge in [0.15, 0.2) is 0 Å². The molecule has 2 aliphatic rings. The van der Waals surface area contributed by atoms with Crippen molar-refractivity contribution in [3.05, 3.63) is 29.8 Å². The lowest BCUT2D eigenvalue weighted by Gasteiger charge is -2.39. The second-order valence-corrected chi connectivity index (χ2v) is 6.25. The van der Waals surface area contributed by atoms with Crippen LogP contribution in [0.2, 0.25) is 0 Å². The van der Waals surface area contributed by atoms with E-state index in [2.05, 4.69) is 5.32 Å². The SMILES string of the molecule is CCOC(=O)CN(C(=O)[C@H]1CC(=O)Nc2ccccc21)C1CCC1. The van der Waals surface area contributed by atoms with Crippen LogP contribution in [0.4, 0.5) is 5.69 Å². The number of carbonyl (C=O) groups is 3. The molecule has 6 heteroatoms. The lowest BCUT2D eigenvalue weighted by Crippen LogP contribution is -2.49. The van der Waals surface area contributed by atoms with Crippen molar-refractivity contribution in [2.45, 2.75) is 44.6 Å². The summed E-state index contributed by atoms with van der Waals surface area (Å²) in [5, 5.41) is 2.80. The van der Waals surface area contributed by atoms with Gasteiger partial charge < -0.3 is 15.0 Å². The standard InChI is InChI=1S/C18H22N2O4/c1-2-24-17(22)11-20(12-6-5-7-12)18(23)14-10-16(21)19-15-9-4-3-8-13(14)15/h3-4,8-9,12,14H,2,5-7,10-11H2,1H3,(H,19,21)/t14-/m0/s1. The van der Waals surface area contributed by atoms with E-state index in [-0.39, 0.29) is 30.8 Å². The van der Waals surface area contributed by atoms with Gasteiger partial charge >= 0.3 is 5.97 Å². The van der Waals surface area contributed by atoms with Gasteiger partial charge in [0.2, 0.25) is 11.8 Å². The van der Waals surface area contributed by atoms with Crippen molar-refractivity contribution < 1.29 is 19.1 Å². The number of anilines is 1. The fraction of sp³-hybridized carbons (Fsp3) is 0.500. The van der Waals surface area contributed by atoms with Gasteiger partial charge in [-0.1, -0.05) is 18.2 Å².